The first kappa shape index (κ1) is 12.5. The number of hydrogen-bond donors (Lipinski definition) is 1. The fourth-order valence-corrected chi connectivity index (χ4v) is 2.27. The molecule has 1 heterocycles. The maximum atomic E-state index is 5.90. The molecule has 0 amide bonds. The van der Waals surface area contributed by atoms with Crippen molar-refractivity contribution in [2.45, 2.75) is 13.5 Å². The summed E-state index contributed by atoms with van der Waals surface area (Å²) in [6.45, 7) is 2.83. The molecule has 0 atom stereocenters. The van der Waals surface area contributed by atoms with Crippen LogP contribution in [0.2, 0.25) is 0 Å². The minimum absolute atomic E-state index is 0.583. The predicted molar refractivity (Wildman–Crippen MR) is 81.7 cm³/mol. The number of anilines is 2. The normalized spacial score (nSPS) is 10.9. The van der Waals surface area contributed by atoms with Gasteiger partial charge in [0.05, 0.1) is 5.69 Å². The molecule has 4 nitrogen and oxygen atoms in total. The molecule has 3 aromatic rings. The number of aryl methyl sites for hydroxylation is 1. The second-order valence-corrected chi connectivity index (χ2v) is 5.04. The fraction of sp³-hybridized carbons (Fsp3) is 0.188. The summed E-state index contributed by atoms with van der Waals surface area (Å²) in [5, 5.41) is 0. The van der Waals surface area contributed by atoms with Crippen LogP contribution in [0, 0.1) is 6.92 Å². The van der Waals surface area contributed by atoms with Crippen molar-refractivity contribution in [1.29, 1.82) is 0 Å². The third-order valence-electron chi connectivity index (χ3n) is 3.27. The van der Waals surface area contributed by atoms with Crippen molar-refractivity contribution < 1.29 is 4.42 Å². The van der Waals surface area contributed by atoms with Gasteiger partial charge in [0.15, 0.2) is 5.58 Å². The van der Waals surface area contributed by atoms with Gasteiger partial charge in [-0.3, -0.25) is 0 Å². The summed E-state index contributed by atoms with van der Waals surface area (Å²) in [6, 6.07) is 14.6. The van der Waals surface area contributed by atoms with E-state index in [4.69, 9.17) is 10.2 Å². The summed E-state index contributed by atoms with van der Waals surface area (Å²) in [5.41, 5.74) is 10.5. The maximum absolute atomic E-state index is 5.90. The molecule has 0 radical (unpaired) electrons. The van der Waals surface area contributed by atoms with Crippen molar-refractivity contribution >= 4 is 22.8 Å². The second-order valence-electron chi connectivity index (χ2n) is 5.04. The third kappa shape index (κ3) is 2.32. The Hall–Kier alpha value is -2.49. The first-order valence-electron chi connectivity index (χ1n) is 6.55. The highest BCUT2D eigenvalue weighted by Crippen LogP contribution is 2.26. The topological polar surface area (TPSA) is 55.3 Å². The van der Waals surface area contributed by atoms with Gasteiger partial charge in [-0.15, -0.1) is 0 Å². The van der Waals surface area contributed by atoms with Crippen LogP contribution in [0.3, 0.4) is 0 Å². The Labute approximate surface area is 117 Å². The number of rotatable bonds is 3. The molecule has 0 fully saturated rings. The van der Waals surface area contributed by atoms with E-state index in [1.165, 1.54) is 11.1 Å². The zero-order chi connectivity index (χ0) is 14.1. The van der Waals surface area contributed by atoms with Gasteiger partial charge in [0.25, 0.3) is 6.01 Å². The molecular formula is C16H17N3O. The Morgan fingerprint density at radius 1 is 1.20 bits per heavy atom. The van der Waals surface area contributed by atoms with Gasteiger partial charge in [0.1, 0.15) is 5.52 Å². The molecule has 0 aliphatic heterocycles. The van der Waals surface area contributed by atoms with E-state index in [2.05, 4.69) is 36.2 Å². The van der Waals surface area contributed by atoms with Gasteiger partial charge in [-0.25, -0.2) is 0 Å². The largest absolute Gasteiger partial charge is 0.423 e. The maximum Gasteiger partial charge on any atom is 0.298 e. The number of nitrogen functional groups attached to an aromatic ring is 1. The molecule has 102 valence electrons. The number of benzene rings is 2. The van der Waals surface area contributed by atoms with Crippen LogP contribution >= 0.6 is 0 Å². The zero-order valence-corrected chi connectivity index (χ0v) is 11.6. The van der Waals surface area contributed by atoms with Crippen molar-refractivity contribution in [3.8, 4) is 0 Å². The van der Waals surface area contributed by atoms with E-state index in [-0.39, 0.29) is 0 Å². The number of oxazole rings is 1. The van der Waals surface area contributed by atoms with Gasteiger partial charge < -0.3 is 15.1 Å². The Kier molecular flexibility index (Phi) is 3.06. The molecule has 0 unspecified atom stereocenters. The van der Waals surface area contributed by atoms with Gasteiger partial charge >= 0.3 is 0 Å². The quantitative estimate of drug-likeness (QED) is 0.739. The van der Waals surface area contributed by atoms with Crippen LogP contribution < -0.4 is 10.6 Å². The van der Waals surface area contributed by atoms with Crippen LogP contribution in [-0.4, -0.2) is 12.0 Å². The summed E-state index contributed by atoms with van der Waals surface area (Å²) < 4.78 is 5.75. The van der Waals surface area contributed by atoms with Crippen LogP contribution in [0.25, 0.3) is 11.1 Å². The molecule has 3 rings (SSSR count). The van der Waals surface area contributed by atoms with E-state index < -0.39 is 0 Å². The lowest BCUT2D eigenvalue weighted by molar-refractivity contribution is 0.582. The van der Waals surface area contributed by atoms with E-state index >= 15 is 0 Å². The number of hydrogen-bond acceptors (Lipinski definition) is 4. The van der Waals surface area contributed by atoms with E-state index in [0.717, 1.165) is 17.6 Å². The minimum atomic E-state index is 0.583. The number of fused-ring (bicyclic) bond motifs is 1. The van der Waals surface area contributed by atoms with Gasteiger partial charge in [-0.1, -0.05) is 35.9 Å². The van der Waals surface area contributed by atoms with E-state index in [1.807, 2.05) is 30.1 Å². The van der Waals surface area contributed by atoms with E-state index in [0.29, 0.717) is 11.7 Å². The number of aromatic nitrogens is 1. The summed E-state index contributed by atoms with van der Waals surface area (Å²) in [7, 11) is 1.96. The monoisotopic (exact) mass is 267 g/mol. The zero-order valence-electron chi connectivity index (χ0n) is 11.6. The first-order valence-corrected chi connectivity index (χ1v) is 6.55. The Balaban J connectivity index is 1.89. The van der Waals surface area contributed by atoms with Crippen molar-refractivity contribution in [3.63, 3.8) is 0 Å². The number of para-hydroxylation sites is 1. The van der Waals surface area contributed by atoms with Crippen LogP contribution in [0.5, 0.6) is 0 Å². The molecule has 20 heavy (non-hydrogen) atoms. The van der Waals surface area contributed by atoms with Crippen LogP contribution in [0.1, 0.15) is 11.1 Å². The minimum Gasteiger partial charge on any atom is -0.423 e. The van der Waals surface area contributed by atoms with Crippen molar-refractivity contribution in [3.05, 3.63) is 53.6 Å². The first-order chi connectivity index (χ1) is 9.63. The standard InChI is InChI=1S/C16H17N3O/c1-11-5-3-6-12(9-11)10-19(2)16-18-15-13(17)7-4-8-14(15)20-16/h3-9H,10,17H2,1-2H3. The highest BCUT2D eigenvalue weighted by atomic mass is 16.4. The van der Waals surface area contributed by atoms with E-state index in [1.54, 1.807) is 0 Å². The molecule has 0 aliphatic rings. The molecular weight excluding hydrogens is 250 g/mol. The lowest BCUT2D eigenvalue weighted by Gasteiger charge is -2.14. The lowest BCUT2D eigenvalue weighted by atomic mass is 10.1. The molecule has 2 aromatic carbocycles. The van der Waals surface area contributed by atoms with Crippen LogP contribution in [0.15, 0.2) is 46.9 Å². The van der Waals surface area contributed by atoms with Crippen LogP contribution in [-0.2, 0) is 6.54 Å². The fourth-order valence-electron chi connectivity index (χ4n) is 2.27. The molecule has 1 aromatic heterocycles. The average molecular weight is 267 g/mol. The lowest BCUT2D eigenvalue weighted by Crippen LogP contribution is -2.16. The van der Waals surface area contributed by atoms with Gasteiger partial charge in [0, 0.05) is 13.6 Å². The SMILES string of the molecule is Cc1cccc(CN(C)c2nc3c(N)cccc3o2)c1. The average Bonchev–Trinajstić information content (AvgIpc) is 2.84. The number of nitrogens with zero attached hydrogens (tertiary/aromatic N) is 2. The highest BCUT2D eigenvalue weighted by Gasteiger charge is 2.12. The van der Waals surface area contributed by atoms with Crippen molar-refractivity contribution in [2.75, 3.05) is 17.7 Å². The molecule has 0 spiro atoms. The number of nitrogens with two attached hydrogens (primary N) is 1. The predicted octanol–water partition coefficient (Wildman–Crippen LogP) is 3.35. The van der Waals surface area contributed by atoms with Crippen molar-refractivity contribution in [2.24, 2.45) is 0 Å². The van der Waals surface area contributed by atoms with E-state index in [9.17, 15) is 0 Å². The molecule has 0 aliphatic carbocycles. The smallest absolute Gasteiger partial charge is 0.298 e. The summed E-state index contributed by atoms with van der Waals surface area (Å²) in [5.74, 6) is 0. The van der Waals surface area contributed by atoms with Crippen LogP contribution in [0.4, 0.5) is 11.7 Å². The summed E-state index contributed by atoms with van der Waals surface area (Å²) in [4.78, 5) is 6.45. The van der Waals surface area contributed by atoms with Gasteiger partial charge in [-0.2, -0.15) is 4.98 Å². The third-order valence-corrected chi connectivity index (χ3v) is 3.27. The molecule has 0 bridgehead atoms. The van der Waals surface area contributed by atoms with Gasteiger partial charge in [-0.05, 0) is 24.6 Å². The highest BCUT2D eigenvalue weighted by molar-refractivity contribution is 5.86. The summed E-state index contributed by atoms with van der Waals surface area (Å²) >= 11 is 0. The van der Waals surface area contributed by atoms with Gasteiger partial charge in [0.2, 0.25) is 0 Å². The Morgan fingerprint density at radius 2 is 2.00 bits per heavy atom. The molecule has 2 N–H and O–H groups in total. The molecule has 0 saturated carbocycles. The molecule has 4 heteroatoms. The Bertz CT molecular complexity index is 748. The summed E-state index contributed by atoms with van der Waals surface area (Å²) in [6.07, 6.45) is 0. The second kappa shape index (κ2) is 4.89. The Morgan fingerprint density at radius 3 is 2.75 bits per heavy atom. The van der Waals surface area contributed by atoms with Crippen molar-refractivity contribution in [1.82, 2.24) is 4.98 Å². The molecule has 0 saturated heterocycles.